The van der Waals surface area contributed by atoms with Crippen LogP contribution in [0.2, 0.25) is 0 Å². The number of aryl methyl sites for hydroxylation is 1. The van der Waals surface area contributed by atoms with E-state index in [9.17, 15) is 4.39 Å². The Kier molecular flexibility index (Phi) is 2.90. The van der Waals surface area contributed by atoms with Crippen molar-refractivity contribution in [3.05, 3.63) is 54.2 Å². The van der Waals surface area contributed by atoms with Gasteiger partial charge in [-0.2, -0.15) is 5.10 Å². The maximum Gasteiger partial charge on any atom is 0.186 e. The highest BCUT2D eigenvalue weighted by molar-refractivity contribution is 5.56. The number of benzene rings is 1. The van der Waals surface area contributed by atoms with E-state index in [0.717, 1.165) is 5.69 Å². The Morgan fingerprint density at radius 3 is 2.60 bits per heavy atom. The van der Waals surface area contributed by atoms with Crippen LogP contribution in [-0.2, 0) is 0 Å². The van der Waals surface area contributed by atoms with Gasteiger partial charge in [-0.05, 0) is 19.1 Å². The SMILES string of the molecule is Cc1nc(-c2cnn(-c3ccccc3)c2)nc(N)c1F. The van der Waals surface area contributed by atoms with Crippen LogP contribution in [0.1, 0.15) is 5.69 Å². The van der Waals surface area contributed by atoms with Crippen LogP contribution < -0.4 is 5.73 Å². The van der Waals surface area contributed by atoms with Crippen molar-refractivity contribution in [2.75, 3.05) is 5.73 Å². The fourth-order valence-electron chi connectivity index (χ4n) is 1.87. The zero-order chi connectivity index (χ0) is 14.1. The van der Waals surface area contributed by atoms with Gasteiger partial charge in [0.1, 0.15) is 0 Å². The second-order valence-electron chi connectivity index (χ2n) is 4.34. The van der Waals surface area contributed by atoms with Crippen LogP contribution >= 0.6 is 0 Å². The summed E-state index contributed by atoms with van der Waals surface area (Å²) in [4.78, 5) is 8.04. The van der Waals surface area contributed by atoms with Crippen LogP contribution in [-0.4, -0.2) is 19.7 Å². The number of aromatic nitrogens is 4. The van der Waals surface area contributed by atoms with E-state index in [-0.39, 0.29) is 11.5 Å². The predicted octanol–water partition coefficient (Wildman–Crippen LogP) is 2.36. The van der Waals surface area contributed by atoms with E-state index in [1.165, 1.54) is 0 Å². The van der Waals surface area contributed by atoms with E-state index in [1.54, 1.807) is 24.0 Å². The molecule has 20 heavy (non-hydrogen) atoms. The van der Waals surface area contributed by atoms with Gasteiger partial charge in [0, 0.05) is 6.20 Å². The standard InChI is InChI=1S/C14H12FN5/c1-9-12(15)13(16)19-14(18-9)10-7-17-20(8-10)11-5-3-2-4-6-11/h2-8H,1H3,(H2,16,18,19). The molecule has 0 spiro atoms. The summed E-state index contributed by atoms with van der Waals surface area (Å²) in [5.74, 6) is -0.368. The Balaban J connectivity index is 2.03. The summed E-state index contributed by atoms with van der Waals surface area (Å²) >= 11 is 0. The molecule has 0 atom stereocenters. The van der Waals surface area contributed by atoms with Gasteiger partial charge in [0.05, 0.1) is 23.1 Å². The third-order valence-electron chi connectivity index (χ3n) is 2.90. The fraction of sp³-hybridized carbons (Fsp3) is 0.0714. The average molecular weight is 269 g/mol. The summed E-state index contributed by atoms with van der Waals surface area (Å²) in [6.07, 6.45) is 3.40. The normalized spacial score (nSPS) is 10.7. The summed E-state index contributed by atoms with van der Waals surface area (Å²) in [6.45, 7) is 1.55. The van der Waals surface area contributed by atoms with E-state index < -0.39 is 5.82 Å². The Labute approximate surface area is 114 Å². The lowest BCUT2D eigenvalue weighted by Gasteiger charge is -2.02. The number of hydrogen-bond donors (Lipinski definition) is 1. The molecule has 0 aliphatic carbocycles. The van der Waals surface area contributed by atoms with Gasteiger partial charge in [0.15, 0.2) is 17.5 Å². The third-order valence-corrected chi connectivity index (χ3v) is 2.90. The maximum atomic E-state index is 13.4. The van der Waals surface area contributed by atoms with Crippen LogP contribution in [0.15, 0.2) is 42.7 Å². The van der Waals surface area contributed by atoms with Gasteiger partial charge in [0.25, 0.3) is 0 Å². The lowest BCUT2D eigenvalue weighted by atomic mass is 10.3. The molecule has 100 valence electrons. The van der Waals surface area contributed by atoms with Crippen LogP contribution in [0.5, 0.6) is 0 Å². The van der Waals surface area contributed by atoms with E-state index in [4.69, 9.17) is 5.73 Å². The number of anilines is 1. The largest absolute Gasteiger partial charge is 0.381 e. The minimum absolute atomic E-state index is 0.153. The van der Waals surface area contributed by atoms with Crippen molar-refractivity contribution in [3.8, 4) is 17.1 Å². The van der Waals surface area contributed by atoms with Gasteiger partial charge in [-0.3, -0.25) is 0 Å². The maximum absolute atomic E-state index is 13.4. The highest BCUT2D eigenvalue weighted by Crippen LogP contribution is 2.20. The van der Waals surface area contributed by atoms with E-state index in [2.05, 4.69) is 15.1 Å². The summed E-state index contributed by atoms with van der Waals surface area (Å²) in [5, 5.41) is 4.25. The summed E-state index contributed by atoms with van der Waals surface area (Å²) in [6, 6.07) is 9.64. The van der Waals surface area contributed by atoms with Crippen LogP contribution in [0, 0.1) is 12.7 Å². The lowest BCUT2D eigenvalue weighted by Crippen LogP contribution is -2.02. The number of hydrogen-bond acceptors (Lipinski definition) is 4. The Morgan fingerprint density at radius 1 is 1.15 bits per heavy atom. The predicted molar refractivity (Wildman–Crippen MR) is 73.7 cm³/mol. The molecule has 5 nitrogen and oxygen atoms in total. The van der Waals surface area contributed by atoms with Gasteiger partial charge in [-0.1, -0.05) is 18.2 Å². The molecule has 2 N–H and O–H groups in total. The molecule has 2 heterocycles. The summed E-state index contributed by atoms with van der Waals surface area (Å²) < 4.78 is 15.1. The van der Waals surface area contributed by atoms with Gasteiger partial charge in [0.2, 0.25) is 0 Å². The highest BCUT2D eigenvalue weighted by Gasteiger charge is 2.12. The molecule has 0 aliphatic rings. The Bertz CT molecular complexity index is 728. The zero-order valence-electron chi connectivity index (χ0n) is 10.8. The van der Waals surface area contributed by atoms with Crippen LogP contribution in [0.25, 0.3) is 17.1 Å². The Hall–Kier alpha value is -2.76. The Morgan fingerprint density at radius 2 is 1.90 bits per heavy atom. The van der Waals surface area contributed by atoms with Gasteiger partial charge in [-0.25, -0.2) is 19.0 Å². The van der Waals surface area contributed by atoms with Crippen molar-refractivity contribution in [1.29, 1.82) is 0 Å². The molecule has 2 aromatic heterocycles. The molecule has 0 unspecified atom stereocenters. The van der Waals surface area contributed by atoms with Crippen molar-refractivity contribution >= 4 is 5.82 Å². The molecular formula is C14H12FN5. The average Bonchev–Trinajstić information content (AvgIpc) is 2.95. The monoisotopic (exact) mass is 269 g/mol. The van der Waals surface area contributed by atoms with Crippen molar-refractivity contribution in [2.45, 2.75) is 6.92 Å². The summed E-state index contributed by atoms with van der Waals surface area (Å²) in [7, 11) is 0. The highest BCUT2D eigenvalue weighted by atomic mass is 19.1. The molecule has 0 saturated carbocycles. The zero-order valence-corrected chi connectivity index (χ0v) is 10.8. The van der Waals surface area contributed by atoms with Crippen molar-refractivity contribution in [3.63, 3.8) is 0 Å². The number of nitrogens with zero attached hydrogens (tertiary/aromatic N) is 4. The van der Waals surface area contributed by atoms with E-state index in [1.807, 2.05) is 30.3 Å². The molecule has 0 radical (unpaired) electrons. The van der Waals surface area contributed by atoms with Crippen LogP contribution in [0.3, 0.4) is 0 Å². The first-order valence-electron chi connectivity index (χ1n) is 6.05. The first kappa shape index (κ1) is 12.3. The molecule has 0 saturated heterocycles. The van der Waals surface area contributed by atoms with Gasteiger partial charge < -0.3 is 5.73 Å². The quantitative estimate of drug-likeness (QED) is 0.775. The third kappa shape index (κ3) is 2.11. The minimum Gasteiger partial charge on any atom is -0.381 e. The number of para-hydroxylation sites is 1. The number of nitrogens with two attached hydrogens (primary N) is 1. The lowest BCUT2D eigenvalue weighted by molar-refractivity contribution is 0.608. The van der Waals surface area contributed by atoms with Crippen LogP contribution in [0.4, 0.5) is 10.2 Å². The first-order valence-corrected chi connectivity index (χ1v) is 6.05. The smallest absolute Gasteiger partial charge is 0.186 e. The molecule has 0 aliphatic heterocycles. The van der Waals surface area contributed by atoms with Crippen molar-refractivity contribution < 1.29 is 4.39 Å². The molecule has 1 aromatic carbocycles. The van der Waals surface area contributed by atoms with Crippen molar-refractivity contribution in [2.24, 2.45) is 0 Å². The summed E-state index contributed by atoms with van der Waals surface area (Å²) in [5.41, 5.74) is 7.35. The molecule has 3 rings (SSSR count). The second-order valence-corrected chi connectivity index (χ2v) is 4.34. The number of halogens is 1. The number of nitrogen functional groups attached to an aromatic ring is 1. The molecule has 3 aromatic rings. The molecule has 6 heteroatoms. The molecule has 0 amide bonds. The van der Waals surface area contributed by atoms with Gasteiger partial charge >= 0.3 is 0 Å². The molecule has 0 bridgehead atoms. The van der Waals surface area contributed by atoms with E-state index >= 15 is 0 Å². The van der Waals surface area contributed by atoms with E-state index in [0.29, 0.717) is 11.4 Å². The number of rotatable bonds is 2. The topological polar surface area (TPSA) is 69.6 Å². The molecular weight excluding hydrogens is 257 g/mol. The minimum atomic E-state index is -0.579. The first-order chi connectivity index (χ1) is 9.65. The van der Waals surface area contributed by atoms with Gasteiger partial charge in [-0.15, -0.1) is 0 Å². The fourth-order valence-corrected chi connectivity index (χ4v) is 1.87. The van der Waals surface area contributed by atoms with Crippen molar-refractivity contribution in [1.82, 2.24) is 19.7 Å². The second kappa shape index (κ2) is 4.73. The molecule has 0 fully saturated rings.